The van der Waals surface area contributed by atoms with Gasteiger partial charge in [0.25, 0.3) is 0 Å². The first-order valence-corrected chi connectivity index (χ1v) is 6.45. The molecule has 98 valence electrons. The zero-order chi connectivity index (χ0) is 12.8. The standard InChI is InChI=1S/C14H21N3O/c1-12(15)16-14-4-2-13(3-5-14)6-7-17-8-10-18-11-9-17/h2-5H,6-11H2,1H3,(H2,15,16). The molecule has 0 atom stereocenters. The fraction of sp³-hybridized carbons (Fsp3) is 0.500. The lowest BCUT2D eigenvalue weighted by molar-refractivity contribution is 0.0384. The average molecular weight is 247 g/mol. The first-order chi connectivity index (χ1) is 8.74. The summed E-state index contributed by atoms with van der Waals surface area (Å²) in [6, 6.07) is 8.33. The highest BCUT2D eigenvalue weighted by Gasteiger charge is 2.09. The van der Waals surface area contributed by atoms with E-state index in [4.69, 9.17) is 10.1 Å². The van der Waals surface area contributed by atoms with Gasteiger partial charge in [-0.05, 0) is 31.0 Å². The maximum absolute atomic E-state index is 7.37. The van der Waals surface area contributed by atoms with Crippen molar-refractivity contribution in [3.8, 4) is 0 Å². The smallest absolute Gasteiger partial charge is 0.0944 e. The highest BCUT2D eigenvalue weighted by Crippen LogP contribution is 2.10. The summed E-state index contributed by atoms with van der Waals surface area (Å²) in [5.41, 5.74) is 2.33. The number of ether oxygens (including phenoxy) is 1. The minimum Gasteiger partial charge on any atom is -0.379 e. The van der Waals surface area contributed by atoms with Crippen LogP contribution in [0.1, 0.15) is 12.5 Å². The van der Waals surface area contributed by atoms with Crippen LogP contribution >= 0.6 is 0 Å². The van der Waals surface area contributed by atoms with E-state index in [0.717, 1.165) is 45.0 Å². The van der Waals surface area contributed by atoms with Crippen molar-refractivity contribution in [2.24, 2.45) is 0 Å². The third-order valence-corrected chi connectivity index (χ3v) is 3.11. The van der Waals surface area contributed by atoms with Crippen molar-refractivity contribution in [2.45, 2.75) is 13.3 Å². The topological polar surface area (TPSA) is 48.4 Å². The first kappa shape index (κ1) is 13.1. The third kappa shape index (κ3) is 4.13. The van der Waals surface area contributed by atoms with Gasteiger partial charge in [0.1, 0.15) is 0 Å². The van der Waals surface area contributed by atoms with Gasteiger partial charge in [-0.15, -0.1) is 0 Å². The van der Waals surface area contributed by atoms with E-state index in [1.54, 1.807) is 6.92 Å². The van der Waals surface area contributed by atoms with E-state index in [1.807, 2.05) is 12.1 Å². The molecular weight excluding hydrogens is 226 g/mol. The maximum atomic E-state index is 7.37. The number of rotatable bonds is 4. The summed E-state index contributed by atoms with van der Waals surface area (Å²) in [4.78, 5) is 2.44. The highest BCUT2D eigenvalue weighted by molar-refractivity contribution is 5.90. The van der Waals surface area contributed by atoms with E-state index in [0.29, 0.717) is 5.84 Å². The lowest BCUT2D eigenvalue weighted by Gasteiger charge is -2.26. The van der Waals surface area contributed by atoms with Gasteiger partial charge in [-0.25, -0.2) is 0 Å². The Morgan fingerprint density at radius 1 is 1.28 bits per heavy atom. The molecule has 1 heterocycles. The number of anilines is 1. The Labute approximate surface area is 108 Å². The number of amidine groups is 1. The molecule has 1 aliphatic rings. The van der Waals surface area contributed by atoms with Gasteiger partial charge in [0, 0.05) is 25.3 Å². The molecule has 0 amide bonds. The Hall–Kier alpha value is -1.39. The second-order valence-corrected chi connectivity index (χ2v) is 4.65. The van der Waals surface area contributed by atoms with Gasteiger partial charge >= 0.3 is 0 Å². The second-order valence-electron chi connectivity index (χ2n) is 4.65. The van der Waals surface area contributed by atoms with Crippen LogP contribution in [-0.2, 0) is 11.2 Å². The van der Waals surface area contributed by atoms with Crippen LogP contribution in [0.15, 0.2) is 24.3 Å². The SMILES string of the molecule is CC(=N)Nc1ccc(CCN2CCOCC2)cc1. The van der Waals surface area contributed by atoms with Crippen LogP contribution in [0.25, 0.3) is 0 Å². The fourth-order valence-electron chi connectivity index (χ4n) is 2.08. The van der Waals surface area contributed by atoms with Gasteiger partial charge in [-0.3, -0.25) is 10.3 Å². The van der Waals surface area contributed by atoms with E-state index in [9.17, 15) is 0 Å². The Kier molecular flexibility index (Phi) is 4.73. The molecule has 0 aliphatic carbocycles. The molecule has 0 radical (unpaired) electrons. The van der Waals surface area contributed by atoms with Crippen LogP contribution in [0.2, 0.25) is 0 Å². The van der Waals surface area contributed by atoms with Crippen LogP contribution in [0.5, 0.6) is 0 Å². The Balaban J connectivity index is 1.80. The molecule has 0 unspecified atom stereocenters. The van der Waals surface area contributed by atoms with E-state index in [-0.39, 0.29) is 0 Å². The molecular formula is C14H21N3O. The summed E-state index contributed by atoms with van der Waals surface area (Å²) < 4.78 is 5.33. The highest BCUT2D eigenvalue weighted by atomic mass is 16.5. The van der Waals surface area contributed by atoms with Crippen molar-refractivity contribution < 1.29 is 4.74 Å². The molecule has 0 bridgehead atoms. The molecule has 1 aliphatic heterocycles. The number of nitrogens with one attached hydrogen (secondary N) is 2. The summed E-state index contributed by atoms with van der Waals surface area (Å²) in [5.74, 6) is 0.469. The number of morpholine rings is 1. The quantitative estimate of drug-likeness (QED) is 0.631. The van der Waals surface area contributed by atoms with Gasteiger partial charge in [-0.1, -0.05) is 12.1 Å². The van der Waals surface area contributed by atoms with Crippen molar-refractivity contribution in [2.75, 3.05) is 38.2 Å². The molecule has 2 N–H and O–H groups in total. The van der Waals surface area contributed by atoms with Crippen LogP contribution < -0.4 is 5.32 Å². The van der Waals surface area contributed by atoms with E-state index in [1.165, 1.54) is 5.56 Å². The Bertz CT molecular complexity index is 383. The third-order valence-electron chi connectivity index (χ3n) is 3.11. The van der Waals surface area contributed by atoms with Crippen LogP contribution in [0, 0.1) is 5.41 Å². The molecule has 1 fully saturated rings. The lowest BCUT2D eigenvalue weighted by atomic mass is 10.1. The number of benzene rings is 1. The molecule has 0 spiro atoms. The van der Waals surface area contributed by atoms with Gasteiger partial charge < -0.3 is 10.1 Å². The van der Waals surface area contributed by atoms with Gasteiger partial charge in [0.05, 0.1) is 19.0 Å². The number of hydrogen-bond donors (Lipinski definition) is 2. The predicted molar refractivity (Wildman–Crippen MR) is 74.4 cm³/mol. The van der Waals surface area contributed by atoms with E-state index < -0.39 is 0 Å². The first-order valence-electron chi connectivity index (χ1n) is 6.45. The Morgan fingerprint density at radius 2 is 1.94 bits per heavy atom. The number of nitrogens with zero attached hydrogens (tertiary/aromatic N) is 1. The molecule has 18 heavy (non-hydrogen) atoms. The second kappa shape index (κ2) is 6.52. The van der Waals surface area contributed by atoms with E-state index in [2.05, 4.69) is 22.3 Å². The van der Waals surface area contributed by atoms with Crippen LogP contribution in [0.4, 0.5) is 5.69 Å². The summed E-state index contributed by atoms with van der Waals surface area (Å²) in [7, 11) is 0. The summed E-state index contributed by atoms with van der Waals surface area (Å²) in [5, 5.41) is 10.4. The van der Waals surface area contributed by atoms with Gasteiger partial charge in [0.15, 0.2) is 0 Å². The molecule has 4 heteroatoms. The maximum Gasteiger partial charge on any atom is 0.0944 e. The van der Waals surface area contributed by atoms with Crippen molar-refractivity contribution >= 4 is 11.5 Å². The minimum atomic E-state index is 0.469. The van der Waals surface area contributed by atoms with Crippen molar-refractivity contribution in [1.82, 2.24) is 4.90 Å². The molecule has 1 aromatic rings. The molecule has 0 aromatic heterocycles. The monoisotopic (exact) mass is 247 g/mol. The number of hydrogen-bond acceptors (Lipinski definition) is 3. The predicted octanol–water partition coefficient (Wildman–Crippen LogP) is 1.97. The Morgan fingerprint density at radius 3 is 2.56 bits per heavy atom. The van der Waals surface area contributed by atoms with Crippen molar-refractivity contribution in [1.29, 1.82) is 5.41 Å². The van der Waals surface area contributed by atoms with Gasteiger partial charge in [0.2, 0.25) is 0 Å². The molecule has 0 saturated carbocycles. The normalized spacial score (nSPS) is 16.5. The molecule has 2 rings (SSSR count). The van der Waals surface area contributed by atoms with Crippen molar-refractivity contribution in [3.63, 3.8) is 0 Å². The summed E-state index contributed by atoms with van der Waals surface area (Å²) in [6.45, 7) is 6.66. The molecule has 1 saturated heterocycles. The molecule has 1 aromatic carbocycles. The average Bonchev–Trinajstić information content (AvgIpc) is 2.38. The zero-order valence-corrected chi connectivity index (χ0v) is 10.9. The largest absolute Gasteiger partial charge is 0.379 e. The summed E-state index contributed by atoms with van der Waals surface area (Å²) >= 11 is 0. The van der Waals surface area contributed by atoms with Gasteiger partial charge in [-0.2, -0.15) is 0 Å². The van der Waals surface area contributed by atoms with Crippen LogP contribution in [0.3, 0.4) is 0 Å². The zero-order valence-electron chi connectivity index (χ0n) is 10.9. The van der Waals surface area contributed by atoms with Crippen molar-refractivity contribution in [3.05, 3.63) is 29.8 Å². The molecule has 4 nitrogen and oxygen atoms in total. The minimum absolute atomic E-state index is 0.469. The fourth-order valence-corrected chi connectivity index (χ4v) is 2.08. The van der Waals surface area contributed by atoms with E-state index >= 15 is 0 Å². The summed E-state index contributed by atoms with van der Waals surface area (Å²) in [6.07, 6.45) is 1.07. The lowest BCUT2D eigenvalue weighted by Crippen LogP contribution is -2.37. The van der Waals surface area contributed by atoms with Crippen LogP contribution in [-0.4, -0.2) is 43.6 Å².